The number of aromatic hydroxyl groups is 1. The van der Waals surface area contributed by atoms with E-state index < -0.39 is 5.97 Å². The van der Waals surface area contributed by atoms with E-state index >= 15 is 0 Å². The largest absolute Gasteiger partial charge is 0.507 e. The zero-order valence-corrected chi connectivity index (χ0v) is 11.0. The maximum absolute atomic E-state index is 10.2. The zero-order valence-electron chi connectivity index (χ0n) is 7.67. The van der Waals surface area contributed by atoms with E-state index in [1.54, 1.807) is 18.2 Å². The molecule has 6 N–H and O–H groups in total. The van der Waals surface area contributed by atoms with Crippen molar-refractivity contribution in [1.82, 2.24) is 0 Å². The van der Waals surface area contributed by atoms with Crippen molar-refractivity contribution < 1.29 is 26.0 Å². The number of phenolic OH excluding ortho intramolecular Hbond substituents is 1. The number of hydrogen-bond acceptors (Lipinski definition) is 3. The summed E-state index contributed by atoms with van der Waals surface area (Å²) < 4.78 is 0. The number of benzene rings is 1. The van der Waals surface area contributed by atoms with Crippen LogP contribution in [0.4, 0.5) is 0 Å². The molecule has 3 radical (unpaired) electrons. The fourth-order valence-corrected chi connectivity index (χ4v) is 1.39. The van der Waals surface area contributed by atoms with Crippen molar-refractivity contribution in [2.75, 3.05) is 5.75 Å². The molecule has 1 aromatic rings. The summed E-state index contributed by atoms with van der Waals surface area (Å²) in [6, 6.07) is 6.66. The van der Waals surface area contributed by atoms with Gasteiger partial charge in [0.15, 0.2) is 0 Å². The molecule has 0 unspecified atom stereocenters. The van der Waals surface area contributed by atoms with Gasteiger partial charge in [-0.05, 0) is 12.1 Å². The average Bonchev–Trinajstić information content (AvgIpc) is 2.03. The minimum Gasteiger partial charge on any atom is -0.507 e. The fraction of sp³-hybridized carbons (Fsp3) is 0.125. The molecule has 0 amide bonds. The van der Waals surface area contributed by atoms with Crippen LogP contribution in [0, 0.1) is 0 Å². The molecule has 1 aromatic carbocycles. The molecule has 0 atom stereocenters. The molecule has 0 spiro atoms. The van der Waals surface area contributed by atoms with Crippen LogP contribution >= 0.6 is 11.8 Å². The molecule has 0 aliphatic rings. The van der Waals surface area contributed by atoms with Crippen LogP contribution in [0.25, 0.3) is 0 Å². The first kappa shape index (κ1) is 20.0. The number of carbonyl (C=O) groups is 1. The van der Waals surface area contributed by atoms with Gasteiger partial charge in [-0.15, -0.1) is 11.8 Å². The summed E-state index contributed by atoms with van der Waals surface area (Å²) in [4.78, 5) is 10.8. The van der Waals surface area contributed by atoms with Crippen molar-refractivity contribution in [3.63, 3.8) is 0 Å². The smallest absolute Gasteiger partial charge is 0.313 e. The Kier molecular flexibility index (Phi) is 13.5. The number of hydrogen-bond donors (Lipinski definition) is 2. The normalized spacial score (nSPS) is 7.73. The van der Waals surface area contributed by atoms with E-state index in [2.05, 4.69) is 0 Å². The number of rotatable bonds is 3. The fourth-order valence-electron chi connectivity index (χ4n) is 0.719. The van der Waals surface area contributed by atoms with Crippen LogP contribution in [0.1, 0.15) is 0 Å². The van der Waals surface area contributed by atoms with Gasteiger partial charge in [0, 0.05) is 29.3 Å². The quantitative estimate of drug-likeness (QED) is 0.570. The van der Waals surface area contributed by atoms with Crippen LogP contribution in [0.5, 0.6) is 5.75 Å². The molecule has 5 nitrogen and oxygen atoms in total. The van der Waals surface area contributed by atoms with Crippen LogP contribution < -0.4 is 0 Å². The first-order chi connectivity index (χ1) is 5.70. The number of aliphatic carboxylic acids is 1. The van der Waals surface area contributed by atoms with Crippen LogP contribution in [-0.4, -0.2) is 57.3 Å². The van der Waals surface area contributed by atoms with Gasteiger partial charge in [0.2, 0.25) is 0 Å². The molecule has 0 bridgehead atoms. The van der Waals surface area contributed by atoms with E-state index in [1.165, 1.54) is 6.07 Å². The van der Waals surface area contributed by atoms with Gasteiger partial charge in [0.05, 0.1) is 5.75 Å². The van der Waals surface area contributed by atoms with Gasteiger partial charge in [-0.25, -0.2) is 0 Å². The van der Waals surface area contributed by atoms with E-state index in [9.17, 15) is 9.90 Å². The van der Waals surface area contributed by atoms with Crippen molar-refractivity contribution in [1.29, 1.82) is 0 Å². The summed E-state index contributed by atoms with van der Waals surface area (Å²) in [7, 11) is 0. The zero-order chi connectivity index (χ0) is 8.97. The number of phenols is 1. The second-order valence-electron chi connectivity index (χ2n) is 2.15. The van der Waals surface area contributed by atoms with Crippen molar-refractivity contribution in [2.45, 2.75) is 4.90 Å². The third-order valence-electron chi connectivity index (χ3n) is 1.22. The predicted molar refractivity (Wildman–Crippen MR) is 59.4 cm³/mol. The molecule has 0 aliphatic heterocycles. The van der Waals surface area contributed by atoms with Crippen LogP contribution in [0.2, 0.25) is 0 Å². The Morgan fingerprint density at radius 2 is 1.80 bits per heavy atom. The van der Waals surface area contributed by atoms with Crippen LogP contribution in [-0.2, 0) is 4.79 Å². The van der Waals surface area contributed by atoms with Gasteiger partial charge in [0.1, 0.15) is 5.75 Å². The average molecular weight is 342 g/mol. The van der Waals surface area contributed by atoms with Crippen molar-refractivity contribution in [2.24, 2.45) is 0 Å². The van der Waals surface area contributed by atoms with Crippen molar-refractivity contribution in [3.05, 3.63) is 24.3 Å². The summed E-state index contributed by atoms with van der Waals surface area (Å²) in [5, 5.41) is 17.6. The van der Waals surface area contributed by atoms with Gasteiger partial charge in [-0.1, -0.05) is 12.1 Å². The molecule has 0 saturated carbocycles. The van der Waals surface area contributed by atoms with Gasteiger partial charge in [0.25, 0.3) is 0 Å². The molecule has 85 valence electrons. The number of para-hydroxylation sites is 1. The maximum atomic E-state index is 10.2. The Balaban J connectivity index is -0.000000480. The topological polar surface area (TPSA) is 121 Å². The van der Waals surface area contributed by atoms with Crippen molar-refractivity contribution >= 4 is 42.2 Å². The molecule has 15 heavy (non-hydrogen) atoms. The second kappa shape index (κ2) is 10.1. The van der Waals surface area contributed by atoms with E-state index in [1.807, 2.05) is 0 Å². The summed E-state index contributed by atoms with van der Waals surface area (Å²) in [5.41, 5.74) is 0. The maximum Gasteiger partial charge on any atom is 0.313 e. The second-order valence-corrected chi connectivity index (χ2v) is 3.17. The molecule has 0 fully saturated rings. The standard InChI is InChI=1S/C8H8O3S.2H2O.Sb/c9-6-3-1-2-4-7(6)12-5-8(10)11;;;/h1-4,9H,5H2,(H,10,11);2*1H2;. The predicted octanol–water partition coefficient (Wildman–Crippen LogP) is -0.461. The van der Waals surface area contributed by atoms with E-state index in [-0.39, 0.29) is 46.9 Å². The Morgan fingerprint density at radius 1 is 1.27 bits per heavy atom. The molecule has 7 heteroatoms. The third-order valence-corrected chi connectivity index (χ3v) is 2.26. The minimum absolute atomic E-state index is 0. The van der Waals surface area contributed by atoms with Crippen molar-refractivity contribution in [3.8, 4) is 5.75 Å². The summed E-state index contributed by atoms with van der Waals surface area (Å²) >= 11 is 1.11. The monoisotopic (exact) mass is 341 g/mol. The Morgan fingerprint density at radius 3 is 2.27 bits per heavy atom. The third kappa shape index (κ3) is 7.50. The molecule has 0 heterocycles. The van der Waals surface area contributed by atoms with Gasteiger partial charge in [-0.3, -0.25) is 4.79 Å². The molecule has 0 aliphatic carbocycles. The van der Waals surface area contributed by atoms with E-state index in [0.29, 0.717) is 4.90 Å². The minimum atomic E-state index is -0.886. The first-order valence-electron chi connectivity index (χ1n) is 3.33. The molecule has 0 aromatic heterocycles. The van der Waals surface area contributed by atoms with Gasteiger partial charge < -0.3 is 21.2 Å². The Bertz CT molecular complexity index is 294. The van der Waals surface area contributed by atoms with E-state index in [0.717, 1.165) is 11.8 Å². The first-order valence-corrected chi connectivity index (χ1v) is 4.31. The Hall–Kier alpha value is -0.422. The summed E-state index contributed by atoms with van der Waals surface area (Å²) in [6.45, 7) is 0. The van der Waals surface area contributed by atoms with Crippen LogP contribution in [0.15, 0.2) is 29.2 Å². The SMILES string of the molecule is O.O.O=C(O)CSc1ccccc1O.[Sb]. The van der Waals surface area contributed by atoms with Gasteiger partial charge in [-0.2, -0.15) is 0 Å². The molecule has 1 rings (SSSR count). The molecular weight excluding hydrogens is 330 g/mol. The van der Waals surface area contributed by atoms with E-state index in [4.69, 9.17) is 5.11 Å². The van der Waals surface area contributed by atoms with Crippen LogP contribution in [0.3, 0.4) is 0 Å². The summed E-state index contributed by atoms with van der Waals surface area (Å²) in [6.07, 6.45) is 0. The Labute approximate surface area is 109 Å². The number of carboxylic acids is 1. The molecule has 0 saturated heterocycles. The summed E-state index contributed by atoms with van der Waals surface area (Å²) in [5.74, 6) is -0.788. The number of thioether (sulfide) groups is 1. The van der Waals surface area contributed by atoms with Gasteiger partial charge >= 0.3 is 5.97 Å². The number of carboxylic acid groups (broad SMARTS) is 1. The molecular formula is C8H12O5SSb.